The molecule has 0 amide bonds. The molecule has 0 radical (unpaired) electrons. The fraction of sp³-hybridized carbons (Fsp3) is 0.372. The minimum absolute atomic E-state index is 0.0429. The van der Waals surface area contributed by atoms with Gasteiger partial charge in [-0.1, -0.05) is 78.6 Å². The average Bonchev–Trinajstić information content (AvgIpc) is 4.02. The molecule has 4 aromatic carbocycles. The Balaban J connectivity index is 1.55. The molecule has 2 atom stereocenters. The smallest absolute Gasteiger partial charge is 0.442 e. The van der Waals surface area contributed by atoms with Crippen LogP contribution in [-0.4, -0.2) is 56.5 Å². The van der Waals surface area contributed by atoms with Crippen molar-refractivity contribution in [2.75, 3.05) is 27.4 Å². The van der Waals surface area contributed by atoms with Gasteiger partial charge < -0.3 is 23.3 Å². The van der Waals surface area contributed by atoms with Crippen molar-refractivity contribution in [3.8, 4) is 29.4 Å². The summed E-state index contributed by atoms with van der Waals surface area (Å²) >= 11 is 0. The van der Waals surface area contributed by atoms with Gasteiger partial charge in [0.2, 0.25) is 0 Å². The monoisotopic (exact) mass is 786 g/mol. The van der Waals surface area contributed by atoms with Crippen LogP contribution < -0.4 is 9.47 Å². The zero-order chi connectivity index (χ0) is 40.3. The normalized spacial score (nSPS) is 14.6. The zero-order valence-electron chi connectivity index (χ0n) is 32.3. The van der Waals surface area contributed by atoms with Crippen molar-refractivity contribution in [2.24, 2.45) is 10.2 Å². The van der Waals surface area contributed by atoms with Crippen molar-refractivity contribution in [3.05, 3.63) is 131 Å². The number of halogens is 3. The van der Waals surface area contributed by atoms with Crippen molar-refractivity contribution in [2.45, 2.75) is 76.2 Å². The first-order valence-corrected chi connectivity index (χ1v) is 19.3. The highest BCUT2D eigenvalue weighted by molar-refractivity contribution is 7.44. The molecule has 0 bridgehead atoms. The van der Waals surface area contributed by atoms with Gasteiger partial charge in [-0.15, -0.1) is 10.2 Å². The van der Waals surface area contributed by atoms with Gasteiger partial charge in [-0.2, -0.15) is 18.4 Å². The summed E-state index contributed by atoms with van der Waals surface area (Å²) < 4.78 is 74.3. The van der Waals surface area contributed by atoms with E-state index in [1.54, 1.807) is 14.2 Å². The van der Waals surface area contributed by atoms with Crippen LogP contribution in [0.3, 0.4) is 0 Å². The minimum atomic E-state index is -4.62. The minimum Gasteiger partial charge on any atom is -0.497 e. The Morgan fingerprint density at radius 1 is 0.768 bits per heavy atom. The van der Waals surface area contributed by atoms with Crippen LogP contribution in [0.2, 0.25) is 0 Å². The molecule has 294 valence electrons. The molecule has 0 aliphatic carbocycles. The summed E-state index contributed by atoms with van der Waals surface area (Å²) in [5.41, 5.74) is -0.659. The van der Waals surface area contributed by atoms with Crippen LogP contribution >= 0.6 is 8.53 Å². The summed E-state index contributed by atoms with van der Waals surface area (Å²) in [6, 6.07) is 33.3. The number of benzene rings is 4. The third kappa shape index (κ3) is 9.76. The maximum absolute atomic E-state index is 13.6. The third-order valence-electron chi connectivity index (χ3n) is 9.11. The number of nitrogens with zero attached hydrogens (tertiary/aromatic N) is 4. The van der Waals surface area contributed by atoms with Crippen molar-refractivity contribution in [1.82, 2.24) is 4.67 Å². The highest BCUT2D eigenvalue weighted by Gasteiger charge is 2.65. The highest BCUT2D eigenvalue weighted by atomic mass is 31.2. The molecule has 0 aromatic heterocycles. The molecular formula is C43H46F3N4O5P. The van der Waals surface area contributed by atoms with Crippen LogP contribution in [-0.2, 0) is 25.0 Å². The van der Waals surface area contributed by atoms with E-state index in [4.69, 9.17) is 23.3 Å². The van der Waals surface area contributed by atoms with Crippen LogP contribution in [0.15, 0.2) is 113 Å². The van der Waals surface area contributed by atoms with Gasteiger partial charge in [0, 0.05) is 29.6 Å². The summed E-state index contributed by atoms with van der Waals surface area (Å²) in [6.07, 6.45) is -4.91. The molecule has 5 rings (SSSR count). The van der Waals surface area contributed by atoms with E-state index in [2.05, 4.69) is 60.5 Å². The quantitative estimate of drug-likeness (QED) is 0.0429. The Morgan fingerprint density at radius 3 is 1.77 bits per heavy atom. The average molecular weight is 787 g/mol. The van der Waals surface area contributed by atoms with E-state index >= 15 is 0 Å². The number of ether oxygens (including phenoxy) is 3. The Kier molecular flexibility index (Phi) is 14.3. The van der Waals surface area contributed by atoms with Gasteiger partial charge in [-0.3, -0.25) is 0 Å². The number of methoxy groups -OCH3 is 2. The number of rotatable bonds is 18. The van der Waals surface area contributed by atoms with Gasteiger partial charge in [0.05, 0.1) is 46.0 Å². The lowest BCUT2D eigenvalue weighted by Crippen LogP contribution is -2.38. The summed E-state index contributed by atoms with van der Waals surface area (Å²) in [6.45, 7) is 8.44. The van der Waals surface area contributed by atoms with Gasteiger partial charge in [0.15, 0.2) is 0 Å². The second-order valence-corrected chi connectivity index (χ2v) is 14.9. The van der Waals surface area contributed by atoms with Gasteiger partial charge in [0.1, 0.15) is 17.1 Å². The van der Waals surface area contributed by atoms with Crippen LogP contribution in [0, 0.1) is 23.2 Å². The SMILES string of the molecule is COc1ccc(C(OCC(CC#Cc2ccc(C3(C(F)(F)F)N=N3)cc2)OP(OCCC#N)N(C(C)C)C(C)C)(c2ccccc2)c2ccc(OC)cc2)cc1. The largest absolute Gasteiger partial charge is 0.497 e. The lowest BCUT2D eigenvalue weighted by Gasteiger charge is -2.39. The molecule has 1 heterocycles. The van der Waals surface area contributed by atoms with Crippen LogP contribution in [0.5, 0.6) is 11.5 Å². The fourth-order valence-corrected chi connectivity index (χ4v) is 8.03. The predicted octanol–water partition coefficient (Wildman–Crippen LogP) is 10.3. The van der Waals surface area contributed by atoms with Crippen LogP contribution in [0.4, 0.5) is 13.2 Å². The lowest BCUT2D eigenvalue weighted by molar-refractivity contribution is -0.166. The van der Waals surface area contributed by atoms with E-state index in [0.717, 1.165) is 16.7 Å². The second-order valence-electron chi connectivity index (χ2n) is 13.5. The molecule has 4 aromatic rings. The zero-order valence-corrected chi connectivity index (χ0v) is 33.2. The number of hydrogen-bond acceptors (Lipinski definition) is 9. The highest BCUT2D eigenvalue weighted by Crippen LogP contribution is 2.52. The Morgan fingerprint density at radius 2 is 1.30 bits per heavy atom. The maximum Gasteiger partial charge on any atom is 0.442 e. The Bertz CT molecular complexity index is 1930. The molecule has 2 unspecified atom stereocenters. The molecule has 0 N–H and O–H groups in total. The number of hydrogen-bond donors (Lipinski definition) is 0. The number of alkyl halides is 3. The summed E-state index contributed by atoms with van der Waals surface area (Å²) in [5, 5.41) is 15.9. The molecule has 9 nitrogen and oxygen atoms in total. The van der Waals surface area contributed by atoms with Crippen molar-refractivity contribution >= 4 is 8.53 Å². The molecule has 56 heavy (non-hydrogen) atoms. The Labute approximate surface area is 328 Å². The molecule has 1 aliphatic rings. The van der Waals surface area contributed by atoms with E-state index in [1.165, 1.54) is 24.3 Å². The molecule has 0 spiro atoms. The summed E-state index contributed by atoms with van der Waals surface area (Å²) in [4.78, 5) is 0. The van der Waals surface area contributed by atoms with Crippen molar-refractivity contribution in [3.63, 3.8) is 0 Å². The van der Waals surface area contributed by atoms with Gasteiger partial charge in [-0.25, -0.2) is 4.67 Å². The van der Waals surface area contributed by atoms with E-state index in [9.17, 15) is 18.4 Å². The third-order valence-corrected chi connectivity index (χ3v) is 11.3. The molecule has 13 heteroatoms. The first kappa shape index (κ1) is 42.3. The van der Waals surface area contributed by atoms with E-state index in [0.29, 0.717) is 17.1 Å². The van der Waals surface area contributed by atoms with E-state index < -0.39 is 32.1 Å². The van der Waals surface area contributed by atoms with E-state index in [1.807, 2.05) is 78.9 Å². The van der Waals surface area contributed by atoms with Gasteiger partial charge >= 0.3 is 11.8 Å². The lowest BCUT2D eigenvalue weighted by atomic mass is 9.80. The molecular weight excluding hydrogens is 740 g/mol. The predicted molar refractivity (Wildman–Crippen MR) is 209 cm³/mol. The maximum atomic E-state index is 13.6. The second kappa shape index (κ2) is 18.9. The topological polar surface area (TPSA) is 97.9 Å². The van der Waals surface area contributed by atoms with Crippen LogP contribution in [0.25, 0.3) is 0 Å². The molecule has 1 aliphatic heterocycles. The Hall–Kier alpha value is -4.81. The first-order chi connectivity index (χ1) is 26.9. The van der Waals surface area contributed by atoms with Crippen molar-refractivity contribution < 1.29 is 36.4 Å². The van der Waals surface area contributed by atoms with Crippen LogP contribution in [0.1, 0.15) is 68.4 Å². The summed E-state index contributed by atoms with van der Waals surface area (Å²) in [5.74, 6) is 7.65. The van der Waals surface area contributed by atoms with Crippen molar-refractivity contribution in [1.29, 1.82) is 5.26 Å². The van der Waals surface area contributed by atoms with Gasteiger partial charge in [0.25, 0.3) is 8.53 Å². The summed E-state index contributed by atoms with van der Waals surface area (Å²) in [7, 11) is 1.53. The molecule has 0 fully saturated rings. The fourth-order valence-electron chi connectivity index (χ4n) is 6.34. The molecule has 0 saturated heterocycles. The standard InChI is InChI=1S/C43H46F3N4O5P/c1-31(2)50(32(3)4)56(54-29-11-28-47)55-40(15-10-12-33-16-18-37(19-17-33)42(48-49-42)43(44,45)46)30-53-41(34-13-8-7-9-14-34,35-20-24-38(51-5)25-21-35)36-22-26-39(52-6)27-23-36/h7-9,13-14,16-27,31-32,40H,11,15,29-30H2,1-6H3. The molecule has 0 saturated carbocycles. The first-order valence-electron chi connectivity index (χ1n) is 18.2. The van der Waals surface area contributed by atoms with Gasteiger partial charge in [-0.05, 0) is 80.8 Å². The number of nitriles is 1. The van der Waals surface area contributed by atoms with E-state index in [-0.39, 0.29) is 43.7 Å².